The highest BCUT2D eigenvalue weighted by molar-refractivity contribution is 5.91. The van der Waals surface area contributed by atoms with Gasteiger partial charge in [-0.2, -0.15) is 5.10 Å². The normalized spacial score (nSPS) is 11.6. The summed E-state index contributed by atoms with van der Waals surface area (Å²) in [5.74, 6) is -0.688. The number of nitrogens with zero attached hydrogens (tertiary/aromatic N) is 3. The number of aromatic nitrogens is 2. The highest BCUT2D eigenvalue weighted by atomic mass is 19.4. The van der Waals surface area contributed by atoms with Crippen molar-refractivity contribution in [2.75, 3.05) is 7.05 Å². The van der Waals surface area contributed by atoms with Gasteiger partial charge in [0.25, 0.3) is 0 Å². The third-order valence-electron chi connectivity index (χ3n) is 4.02. The predicted octanol–water partition coefficient (Wildman–Crippen LogP) is 4.44. The molecule has 3 rings (SSSR count). The number of benzene rings is 2. The molecule has 150 valence electrons. The lowest BCUT2D eigenvalue weighted by molar-refractivity contribution is -0.275. The molecular weight excluding hydrogens is 383 g/mol. The zero-order chi connectivity index (χ0) is 20.9. The lowest BCUT2D eigenvalue weighted by atomic mass is 10.2. The van der Waals surface area contributed by atoms with Crippen molar-refractivity contribution < 1.29 is 22.7 Å². The predicted molar refractivity (Wildman–Crippen MR) is 102 cm³/mol. The van der Waals surface area contributed by atoms with Crippen LogP contribution in [-0.4, -0.2) is 34.0 Å². The first-order valence-electron chi connectivity index (χ1n) is 8.69. The van der Waals surface area contributed by atoms with Crippen molar-refractivity contribution in [3.63, 3.8) is 0 Å². The minimum absolute atomic E-state index is 0.0291. The molecular formula is C21H18F3N3O2. The van der Waals surface area contributed by atoms with Crippen molar-refractivity contribution in [1.29, 1.82) is 0 Å². The summed E-state index contributed by atoms with van der Waals surface area (Å²) >= 11 is 0. The van der Waals surface area contributed by atoms with Gasteiger partial charge < -0.3 is 9.64 Å². The summed E-state index contributed by atoms with van der Waals surface area (Å²) in [7, 11) is 1.50. The topological polar surface area (TPSA) is 47.4 Å². The standard InChI is InChI=1S/C21H18F3N3O2/c1-26(15-17-7-5-6-10-19(17)29-21(22,23)24)20(28)12-11-16-13-25-27(14-16)18-8-3-2-4-9-18/h2-14H,15H2,1H3/b12-11+. The highest BCUT2D eigenvalue weighted by Crippen LogP contribution is 2.27. The van der Waals surface area contributed by atoms with Crippen LogP contribution >= 0.6 is 0 Å². The van der Waals surface area contributed by atoms with Gasteiger partial charge >= 0.3 is 6.36 Å². The van der Waals surface area contributed by atoms with Crippen LogP contribution in [-0.2, 0) is 11.3 Å². The average molecular weight is 401 g/mol. The van der Waals surface area contributed by atoms with E-state index in [1.807, 2.05) is 30.3 Å². The maximum atomic E-state index is 12.5. The Morgan fingerprint density at radius 2 is 1.83 bits per heavy atom. The number of carbonyl (C=O) groups is 1. The second kappa shape index (κ2) is 8.64. The van der Waals surface area contributed by atoms with E-state index in [0.717, 1.165) is 11.3 Å². The van der Waals surface area contributed by atoms with Gasteiger partial charge in [-0.3, -0.25) is 4.79 Å². The lowest BCUT2D eigenvalue weighted by Gasteiger charge is -2.18. The van der Waals surface area contributed by atoms with Crippen molar-refractivity contribution in [2.24, 2.45) is 0 Å². The molecule has 0 aliphatic heterocycles. The Bertz CT molecular complexity index is 998. The van der Waals surface area contributed by atoms with Crippen LogP contribution in [0.15, 0.2) is 73.1 Å². The summed E-state index contributed by atoms with van der Waals surface area (Å²) in [6.45, 7) is -0.0291. The van der Waals surface area contributed by atoms with E-state index in [1.165, 1.54) is 36.2 Å². The van der Waals surface area contributed by atoms with Crippen molar-refractivity contribution in [3.05, 3.63) is 84.2 Å². The Morgan fingerprint density at radius 3 is 2.55 bits per heavy atom. The van der Waals surface area contributed by atoms with Crippen molar-refractivity contribution >= 4 is 12.0 Å². The number of hydrogen-bond acceptors (Lipinski definition) is 3. The molecule has 8 heteroatoms. The second-order valence-corrected chi connectivity index (χ2v) is 6.24. The molecule has 1 aromatic heterocycles. The summed E-state index contributed by atoms with van der Waals surface area (Å²) in [5, 5.41) is 4.24. The zero-order valence-corrected chi connectivity index (χ0v) is 15.5. The number of alkyl halides is 3. The van der Waals surface area contributed by atoms with Gasteiger partial charge in [0.1, 0.15) is 5.75 Å². The first-order valence-corrected chi connectivity index (χ1v) is 8.69. The number of hydrogen-bond donors (Lipinski definition) is 0. The van der Waals surface area contributed by atoms with Crippen molar-refractivity contribution in [3.8, 4) is 11.4 Å². The van der Waals surface area contributed by atoms with Crippen LogP contribution in [0.25, 0.3) is 11.8 Å². The van der Waals surface area contributed by atoms with Crippen LogP contribution in [0.1, 0.15) is 11.1 Å². The molecule has 0 spiro atoms. The number of amides is 1. The molecule has 0 N–H and O–H groups in total. The number of halogens is 3. The molecule has 1 amide bonds. The molecule has 5 nitrogen and oxygen atoms in total. The van der Waals surface area contributed by atoms with Crippen LogP contribution in [0.2, 0.25) is 0 Å². The Kier molecular flexibility index (Phi) is 6.01. The molecule has 0 unspecified atom stereocenters. The molecule has 0 aliphatic rings. The Labute approximate surface area is 165 Å². The Balaban J connectivity index is 1.65. The number of carbonyl (C=O) groups excluding carboxylic acids is 1. The van der Waals surface area contributed by atoms with Crippen LogP contribution < -0.4 is 4.74 Å². The zero-order valence-electron chi connectivity index (χ0n) is 15.5. The third kappa shape index (κ3) is 5.71. The minimum Gasteiger partial charge on any atom is -0.405 e. The number of rotatable bonds is 6. The van der Waals surface area contributed by atoms with E-state index in [2.05, 4.69) is 9.84 Å². The summed E-state index contributed by atoms with van der Waals surface area (Å²) in [6.07, 6.45) is 1.54. The molecule has 1 heterocycles. The molecule has 0 saturated carbocycles. The van der Waals surface area contributed by atoms with Gasteiger partial charge in [-0.15, -0.1) is 13.2 Å². The van der Waals surface area contributed by atoms with Gasteiger partial charge in [-0.1, -0.05) is 36.4 Å². The van der Waals surface area contributed by atoms with Gasteiger partial charge in [0, 0.05) is 37.0 Å². The molecule has 0 saturated heterocycles. The first kappa shape index (κ1) is 20.2. The molecule has 0 aliphatic carbocycles. The van der Waals surface area contributed by atoms with Crippen molar-refractivity contribution in [1.82, 2.24) is 14.7 Å². The molecule has 0 fully saturated rings. The summed E-state index contributed by atoms with van der Waals surface area (Å²) in [6, 6.07) is 15.2. The van der Waals surface area contributed by atoms with Crippen LogP contribution in [0.5, 0.6) is 5.75 Å². The molecule has 0 atom stereocenters. The fourth-order valence-corrected chi connectivity index (χ4v) is 2.63. The van der Waals surface area contributed by atoms with Gasteiger partial charge in [-0.25, -0.2) is 4.68 Å². The smallest absolute Gasteiger partial charge is 0.405 e. The first-order chi connectivity index (χ1) is 13.8. The monoisotopic (exact) mass is 401 g/mol. The molecule has 0 bridgehead atoms. The van der Waals surface area contributed by atoms with E-state index in [4.69, 9.17) is 0 Å². The van der Waals surface area contributed by atoms with Gasteiger partial charge in [0.2, 0.25) is 5.91 Å². The SMILES string of the molecule is CN(Cc1ccccc1OC(F)(F)F)C(=O)/C=C/c1cnn(-c2ccccc2)c1. The molecule has 29 heavy (non-hydrogen) atoms. The van der Waals surface area contributed by atoms with Gasteiger partial charge in [-0.05, 0) is 24.3 Å². The van der Waals surface area contributed by atoms with E-state index in [0.29, 0.717) is 0 Å². The lowest BCUT2D eigenvalue weighted by Crippen LogP contribution is -2.25. The van der Waals surface area contributed by atoms with Crippen LogP contribution in [0.4, 0.5) is 13.2 Å². The van der Waals surface area contributed by atoms with E-state index in [9.17, 15) is 18.0 Å². The highest BCUT2D eigenvalue weighted by Gasteiger charge is 2.32. The quantitative estimate of drug-likeness (QED) is 0.574. The largest absolute Gasteiger partial charge is 0.573 e. The maximum Gasteiger partial charge on any atom is 0.573 e. The second-order valence-electron chi connectivity index (χ2n) is 6.24. The van der Waals surface area contributed by atoms with Crippen LogP contribution in [0, 0.1) is 0 Å². The van der Waals surface area contributed by atoms with Crippen LogP contribution in [0.3, 0.4) is 0 Å². The summed E-state index contributed by atoms with van der Waals surface area (Å²) in [5.41, 5.74) is 1.86. The van der Waals surface area contributed by atoms with E-state index >= 15 is 0 Å². The van der Waals surface area contributed by atoms with Gasteiger partial charge in [0.15, 0.2) is 0 Å². The Morgan fingerprint density at radius 1 is 1.14 bits per heavy atom. The fraction of sp³-hybridized carbons (Fsp3) is 0.143. The maximum absolute atomic E-state index is 12.5. The molecule has 0 radical (unpaired) electrons. The van der Waals surface area contributed by atoms with E-state index in [1.54, 1.807) is 29.2 Å². The summed E-state index contributed by atoms with van der Waals surface area (Å²) < 4.78 is 43.3. The number of para-hydroxylation sites is 2. The fourth-order valence-electron chi connectivity index (χ4n) is 2.63. The number of likely N-dealkylation sites (N-methyl/N-ethyl adjacent to an activating group) is 1. The average Bonchev–Trinajstić information content (AvgIpc) is 3.16. The van der Waals surface area contributed by atoms with Crippen molar-refractivity contribution in [2.45, 2.75) is 12.9 Å². The number of ether oxygens (including phenoxy) is 1. The molecule has 3 aromatic rings. The molecule has 2 aromatic carbocycles. The van der Waals surface area contributed by atoms with E-state index < -0.39 is 6.36 Å². The summed E-state index contributed by atoms with van der Waals surface area (Å²) in [4.78, 5) is 13.6. The third-order valence-corrected chi connectivity index (χ3v) is 4.02. The van der Waals surface area contributed by atoms with E-state index in [-0.39, 0.29) is 23.8 Å². The Hall–Kier alpha value is -3.55. The minimum atomic E-state index is -4.79. The van der Waals surface area contributed by atoms with Gasteiger partial charge in [0.05, 0.1) is 11.9 Å².